The Morgan fingerprint density at radius 3 is 3.00 bits per heavy atom. The van der Waals surface area contributed by atoms with E-state index in [1.165, 1.54) is 6.92 Å². The van der Waals surface area contributed by atoms with Crippen molar-refractivity contribution in [1.82, 2.24) is 4.98 Å². The molecule has 0 saturated heterocycles. The Morgan fingerprint density at radius 2 is 2.31 bits per heavy atom. The second-order valence-corrected chi connectivity index (χ2v) is 3.00. The fourth-order valence-corrected chi connectivity index (χ4v) is 1.37. The first-order valence-corrected chi connectivity index (χ1v) is 4.12. The minimum Gasteiger partial charge on any atom is -0.428 e. The largest absolute Gasteiger partial charge is 0.428 e. The van der Waals surface area contributed by atoms with Gasteiger partial charge in [-0.05, 0) is 30.7 Å². The Labute approximate surface area is 79.3 Å². The molecule has 0 radical (unpaired) electrons. The van der Waals surface area contributed by atoms with Crippen LogP contribution in [0.1, 0.15) is 17.3 Å². The summed E-state index contributed by atoms with van der Waals surface area (Å²) in [6.07, 6.45) is 0. The number of aromatic nitrogens is 1. The molecule has 66 valence electrons. The first-order valence-electron chi connectivity index (χ1n) is 3.74. The van der Waals surface area contributed by atoms with Crippen LogP contribution < -0.4 is 0 Å². The van der Waals surface area contributed by atoms with Crippen LogP contribution >= 0.6 is 11.6 Å². The topological polar surface area (TPSA) is 43.1 Å². The lowest BCUT2D eigenvalue weighted by atomic mass is 10.1. The highest BCUT2D eigenvalue weighted by molar-refractivity contribution is 6.28. The lowest BCUT2D eigenvalue weighted by molar-refractivity contribution is 0.101. The molecule has 4 heteroatoms. The molecule has 1 aromatic carbocycles. The van der Waals surface area contributed by atoms with Gasteiger partial charge >= 0.3 is 0 Å². The zero-order valence-electron chi connectivity index (χ0n) is 6.87. The minimum absolute atomic E-state index is 0.0458. The van der Waals surface area contributed by atoms with E-state index >= 15 is 0 Å². The van der Waals surface area contributed by atoms with Gasteiger partial charge in [0.2, 0.25) is 0 Å². The van der Waals surface area contributed by atoms with Gasteiger partial charge in [0.25, 0.3) is 5.35 Å². The predicted molar refractivity (Wildman–Crippen MR) is 49.0 cm³/mol. The van der Waals surface area contributed by atoms with Crippen molar-refractivity contribution in [2.24, 2.45) is 0 Å². The molecule has 0 aliphatic carbocycles. The Kier molecular flexibility index (Phi) is 1.81. The van der Waals surface area contributed by atoms with Gasteiger partial charge in [0.1, 0.15) is 5.52 Å². The van der Waals surface area contributed by atoms with Gasteiger partial charge in [-0.3, -0.25) is 4.79 Å². The van der Waals surface area contributed by atoms with Crippen LogP contribution in [0.5, 0.6) is 0 Å². The van der Waals surface area contributed by atoms with Crippen molar-refractivity contribution in [2.75, 3.05) is 0 Å². The molecule has 0 unspecified atom stereocenters. The average Bonchev–Trinajstić information content (AvgIpc) is 2.43. The number of benzene rings is 1. The van der Waals surface area contributed by atoms with E-state index in [2.05, 4.69) is 4.98 Å². The second kappa shape index (κ2) is 2.85. The van der Waals surface area contributed by atoms with Crippen molar-refractivity contribution in [2.45, 2.75) is 6.92 Å². The monoisotopic (exact) mass is 195 g/mol. The molecule has 1 heterocycles. The summed E-state index contributed by atoms with van der Waals surface area (Å²) in [6.45, 7) is 1.48. The van der Waals surface area contributed by atoms with Crippen LogP contribution in [0.3, 0.4) is 0 Å². The SMILES string of the molecule is CC(=O)c1cccc2oc(Cl)nc12. The molecule has 0 aliphatic rings. The van der Waals surface area contributed by atoms with Crippen LogP contribution in [0.25, 0.3) is 11.1 Å². The number of carbonyl (C=O) groups is 1. The predicted octanol–water partition coefficient (Wildman–Crippen LogP) is 2.68. The number of ketones is 1. The summed E-state index contributed by atoms with van der Waals surface area (Å²) in [7, 11) is 0. The normalized spacial score (nSPS) is 10.6. The summed E-state index contributed by atoms with van der Waals surface area (Å²) in [6, 6.07) is 5.16. The maximum Gasteiger partial charge on any atom is 0.293 e. The highest BCUT2D eigenvalue weighted by Crippen LogP contribution is 2.22. The molecule has 13 heavy (non-hydrogen) atoms. The number of rotatable bonds is 1. The first-order chi connectivity index (χ1) is 6.18. The fraction of sp³-hybridized carbons (Fsp3) is 0.111. The van der Waals surface area contributed by atoms with E-state index < -0.39 is 0 Å². The molecular formula is C9H6ClNO2. The van der Waals surface area contributed by atoms with Crippen molar-refractivity contribution >= 4 is 28.5 Å². The van der Waals surface area contributed by atoms with Crippen molar-refractivity contribution in [3.05, 3.63) is 29.1 Å². The quantitative estimate of drug-likeness (QED) is 0.657. The van der Waals surface area contributed by atoms with Crippen molar-refractivity contribution in [3.8, 4) is 0 Å². The van der Waals surface area contributed by atoms with Gasteiger partial charge in [-0.15, -0.1) is 0 Å². The molecule has 0 atom stereocenters. The number of Topliss-reactive ketones (excluding diaryl/α,β-unsaturated/α-hetero) is 1. The number of hydrogen-bond donors (Lipinski definition) is 0. The summed E-state index contributed by atoms with van der Waals surface area (Å²) >= 11 is 5.57. The van der Waals surface area contributed by atoms with Crippen LogP contribution in [-0.2, 0) is 0 Å². The molecular weight excluding hydrogens is 190 g/mol. The van der Waals surface area contributed by atoms with E-state index in [4.69, 9.17) is 16.0 Å². The smallest absolute Gasteiger partial charge is 0.293 e. The highest BCUT2D eigenvalue weighted by Gasteiger charge is 2.10. The molecule has 0 aliphatic heterocycles. The third-order valence-electron chi connectivity index (χ3n) is 1.77. The maximum absolute atomic E-state index is 11.1. The molecule has 2 rings (SSSR count). The van der Waals surface area contributed by atoms with Crippen molar-refractivity contribution < 1.29 is 9.21 Å². The fourth-order valence-electron chi connectivity index (χ4n) is 1.21. The highest BCUT2D eigenvalue weighted by atomic mass is 35.5. The third-order valence-corrected chi connectivity index (χ3v) is 1.93. The summed E-state index contributed by atoms with van der Waals surface area (Å²) < 4.78 is 5.06. The van der Waals surface area contributed by atoms with Crippen LogP contribution in [-0.4, -0.2) is 10.8 Å². The van der Waals surface area contributed by atoms with Crippen LogP contribution in [0, 0.1) is 0 Å². The van der Waals surface area contributed by atoms with E-state index in [0.717, 1.165) is 0 Å². The van der Waals surface area contributed by atoms with Gasteiger partial charge in [0, 0.05) is 5.56 Å². The molecule has 0 fully saturated rings. The maximum atomic E-state index is 11.1. The Hall–Kier alpha value is -1.35. The summed E-state index contributed by atoms with van der Waals surface area (Å²) in [5, 5.41) is 0.0590. The van der Waals surface area contributed by atoms with Gasteiger partial charge in [0.15, 0.2) is 11.4 Å². The van der Waals surface area contributed by atoms with E-state index in [1.54, 1.807) is 18.2 Å². The molecule has 2 aromatic rings. The molecule has 0 N–H and O–H groups in total. The number of para-hydroxylation sites is 1. The van der Waals surface area contributed by atoms with Crippen LogP contribution in [0.4, 0.5) is 0 Å². The number of oxazole rings is 1. The van der Waals surface area contributed by atoms with Crippen molar-refractivity contribution in [3.63, 3.8) is 0 Å². The third kappa shape index (κ3) is 1.31. The zero-order valence-corrected chi connectivity index (χ0v) is 7.63. The zero-order chi connectivity index (χ0) is 9.42. The standard InChI is InChI=1S/C9H6ClNO2/c1-5(12)6-3-2-4-7-8(6)11-9(10)13-7/h2-4H,1H3. The Morgan fingerprint density at radius 1 is 1.54 bits per heavy atom. The van der Waals surface area contributed by atoms with Crippen molar-refractivity contribution in [1.29, 1.82) is 0 Å². The molecule has 0 saturated carbocycles. The molecule has 0 amide bonds. The number of halogens is 1. The summed E-state index contributed by atoms with van der Waals surface area (Å²) in [5.74, 6) is -0.0458. The van der Waals surface area contributed by atoms with Gasteiger partial charge in [-0.1, -0.05) is 6.07 Å². The number of carbonyl (C=O) groups excluding carboxylic acids is 1. The number of fused-ring (bicyclic) bond motifs is 1. The average molecular weight is 196 g/mol. The molecule has 0 bridgehead atoms. The van der Waals surface area contributed by atoms with Gasteiger partial charge < -0.3 is 4.42 Å². The molecule has 3 nitrogen and oxygen atoms in total. The second-order valence-electron chi connectivity index (χ2n) is 2.68. The Bertz CT molecular complexity index is 475. The van der Waals surface area contributed by atoms with E-state index in [-0.39, 0.29) is 11.1 Å². The Balaban J connectivity index is 2.82. The summed E-state index contributed by atoms with van der Waals surface area (Å²) in [5.41, 5.74) is 1.60. The molecule has 1 aromatic heterocycles. The number of nitrogens with zero attached hydrogens (tertiary/aromatic N) is 1. The van der Waals surface area contributed by atoms with E-state index in [1.807, 2.05) is 0 Å². The van der Waals surface area contributed by atoms with E-state index in [0.29, 0.717) is 16.7 Å². The van der Waals surface area contributed by atoms with Gasteiger partial charge in [-0.2, -0.15) is 4.98 Å². The molecule has 0 spiro atoms. The van der Waals surface area contributed by atoms with Crippen LogP contribution in [0.15, 0.2) is 22.6 Å². The van der Waals surface area contributed by atoms with E-state index in [9.17, 15) is 4.79 Å². The minimum atomic E-state index is -0.0458. The van der Waals surface area contributed by atoms with Crippen LogP contribution in [0.2, 0.25) is 5.35 Å². The summed E-state index contributed by atoms with van der Waals surface area (Å²) in [4.78, 5) is 15.1. The lowest BCUT2D eigenvalue weighted by Crippen LogP contribution is -1.92. The lowest BCUT2D eigenvalue weighted by Gasteiger charge is -1.93. The first kappa shape index (κ1) is 8.26. The van der Waals surface area contributed by atoms with Gasteiger partial charge in [-0.25, -0.2) is 0 Å². The number of hydrogen-bond acceptors (Lipinski definition) is 3. The van der Waals surface area contributed by atoms with Gasteiger partial charge in [0.05, 0.1) is 0 Å².